The summed E-state index contributed by atoms with van der Waals surface area (Å²) in [6.45, 7) is 1.48. The quantitative estimate of drug-likeness (QED) is 0.793. The molecule has 0 spiro atoms. The Morgan fingerprint density at radius 3 is 2.50 bits per heavy atom. The predicted octanol–water partition coefficient (Wildman–Crippen LogP) is 0.900. The molecule has 16 heavy (non-hydrogen) atoms. The Bertz CT molecular complexity index is 499. The van der Waals surface area contributed by atoms with Crippen molar-refractivity contribution < 1.29 is 13.2 Å². The summed E-state index contributed by atoms with van der Waals surface area (Å²) in [6.07, 6.45) is 0. The average molecular weight is 263 g/mol. The monoisotopic (exact) mass is 262 g/mol. The van der Waals surface area contributed by atoms with Gasteiger partial charge in [-0.15, -0.1) is 11.6 Å². The highest BCUT2D eigenvalue weighted by atomic mass is 35.5. The van der Waals surface area contributed by atoms with Crippen LogP contribution < -0.4 is 10.5 Å². The lowest BCUT2D eigenvalue weighted by Gasteiger charge is -2.10. The number of rotatable bonds is 3. The van der Waals surface area contributed by atoms with Gasteiger partial charge in [-0.25, -0.2) is 13.6 Å². The van der Waals surface area contributed by atoms with Gasteiger partial charge in [0.25, 0.3) is 0 Å². The number of benzene rings is 1. The van der Waals surface area contributed by atoms with Gasteiger partial charge in [-0.2, -0.15) is 0 Å². The number of primary sulfonamides is 1. The average Bonchev–Trinajstić information content (AvgIpc) is 2.16. The van der Waals surface area contributed by atoms with E-state index in [4.69, 9.17) is 16.7 Å². The second-order valence-electron chi connectivity index (χ2n) is 3.15. The first-order valence-corrected chi connectivity index (χ1v) is 6.37. The molecule has 0 saturated heterocycles. The van der Waals surface area contributed by atoms with E-state index in [0.717, 1.165) is 0 Å². The third-order valence-electron chi connectivity index (χ3n) is 1.81. The lowest BCUT2D eigenvalue weighted by Crippen LogP contribution is -2.23. The second-order valence-corrected chi connectivity index (χ2v) is 5.33. The molecule has 0 aliphatic heterocycles. The van der Waals surface area contributed by atoms with Crippen LogP contribution in [0.1, 0.15) is 6.92 Å². The SMILES string of the molecule is CC(Cl)C(=O)Nc1ccccc1S(N)(=O)=O. The van der Waals surface area contributed by atoms with Gasteiger partial charge in [0.1, 0.15) is 10.3 Å². The lowest BCUT2D eigenvalue weighted by molar-refractivity contribution is -0.115. The molecule has 3 N–H and O–H groups in total. The number of para-hydroxylation sites is 1. The van der Waals surface area contributed by atoms with E-state index in [9.17, 15) is 13.2 Å². The van der Waals surface area contributed by atoms with Crippen molar-refractivity contribution in [3.63, 3.8) is 0 Å². The zero-order valence-electron chi connectivity index (χ0n) is 8.48. The zero-order chi connectivity index (χ0) is 12.3. The van der Waals surface area contributed by atoms with Crippen LogP contribution in [0.3, 0.4) is 0 Å². The number of anilines is 1. The minimum Gasteiger partial charge on any atom is -0.324 e. The molecule has 0 bridgehead atoms. The van der Waals surface area contributed by atoms with E-state index in [0.29, 0.717) is 0 Å². The van der Waals surface area contributed by atoms with Gasteiger partial charge in [0.15, 0.2) is 0 Å². The maximum absolute atomic E-state index is 11.3. The zero-order valence-corrected chi connectivity index (χ0v) is 10.0. The highest BCUT2D eigenvalue weighted by molar-refractivity contribution is 7.89. The van der Waals surface area contributed by atoms with E-state index in [1.165, 1.54) is 25.1 Å². The molecule has 1 aromatic carbocycles. The van der Waals surface area contributed by atoms with Crippen molar-refractivity contribution in [3.8, 4) is 0 Å². The van der Waals surface area contributed by atoms with E-state index in [1.807, 2.05) is 0 Å². The fourth-order valence-corrected chi connectivity index (χ4v) is 1.80. The Morgan fingerprint density at radius 1 is 1.44 bits per heavy atom. The molecule has 1 rings (SSSR count). The van der Waals surface area contributed by atoms with E-state index >= 15 is 0 Å². The van der Waals surface area contributed by atoms with Crippen molar-refractivity contribution in [1.29, 1.82) is 0 Å². The number of nitrogens with one attached hydrogen (secondary N) is 1. The minimum absolute atomic E-state index is 0.127. The minimum atomic E-state index is -3.86. The van der Waals surface area contributed by atoms with Gasteiger partial charge in [0.2, 0.25) is 15.9 Å². The Labute approximate surface area is 98.6 Å². The highest BCUT2D eigenvalue weighted by Crippen LogP contribution is 2.19. The third-order valence-corrected chi connectivity index (χ3v) is 2.98. The number of sulfonamides is 1. The van der Waals surface area contributed by atoms with Crippen molar-refractivity contribution in [2.75, 3.05) is 5.32 Å². The lowest BCUT2D eigenvalue weighted by atomic mass is 10.3. The first-order chi connectivity index (χ1) is 7.32. The van der Waals surface area contributed by atoms with Gasteiger partial charge < -0.3 is 5.32 Å². The summed E-state index contributed by atoms with van der Waals surface area (Å²) in [5.41, 5.74) is 0.127. The van der Waals surface area contributed by atoms with Gasteiger partial charge >= 0.3 is 0 Å². The molecular formula is C9H11ClN2O3S. The molecule has 1 atom stereocenters. The molecule has 0 aromatic heterocycles. The first kappa shape index (κ1) is 13.0. The highest BCUT2D eigenvalue weighted by Gasteiger charge is 2.16. The van der Waals surface area contributed by atoms with E-state index < -0.39 is 21.3 Å². The van der Waals surface area contributed by atoms with Gasteiger partial charge in [-0.3, -0.25) is 4.79 Å². The molecule has 1 amide bonds. The summed E-state index contributed by atoms with van der Waals surface area (Å²) in [5, 5.41) is 6.63. The van der Waals surface area contributed by atoms with Crippen molar-refractivity contribution in [2.24, 2.45) is 5.14 Å². The molecule has 0 aliphatic rings. The Morgan fingerprint density at radius 2 is 2.00 bits per heavy atom. The fourth-order valence-electron chi connectivity index (χ4n) is 1.05. The largest absolute Gasteiger partial charge is 0.324 e. The normalized spacial score (nSPS) is 13.2. The van der Waals surface area contributed by atoms with Gasteiger partial charge in [-0.05, 0) is 19.1 Å². The van der Waals surface area contributed by atoms with Gasteiger partial charge in [-0.1, -0.05) is 12.1 Å². The van der Waals surface area contributed by atoms with E-state index in [1.54, 1.807) is 6.07 Å². The van der Waals surface area contributed by atoms with Crippen LogP contribution in [0.2, 0.25) is 0 Å². The third kappa shape index (κ3) is 3.19. The van der Waals surface area contributed by atoms with E-state index in [-0.39, 0.29) is 10.6 Å². The summed E-state index contributed by atoms with van der Waals surface area (Å²) in [7, 11) is -3.86. The molecule has 5 nitrogen and oxygen atoms in total. The number of carbonyl (C=O) groups excluding carboxylic acids is 1. The van der Waals surface area contributed by atoms with E-state index in [2.05, 4.69) is 5.32 Å². The van der Waals surface area contributed by atoms with Crippen LogP contribution in [0.15, 0.2) is 29.2 Å². The molecule has 0 fully saturated rings. The number of carbonyl (C=O) groups is 1. The molecule has 0 radical (unpaired) electrons. The van der Waals surface area contributed by atoms with Crippen molar-refractivity contribution in [1.82, 2.24) is 0 Å². The van der Waals surface area contributed by atoms with Gasteiger partial charge in [0, 0.05) is 0 Å². The van der Waals surface area contributed by atoms with Crippen LogP contribution in [-0.4, -0.2) is 19.7 Å². The van der Waals surface area contributed by atoms with Crippen LogP contribution in [0.25, 0.3) is 0 Å². The smallest absolute Gasteiger partial charge is 0.242 e. The molecule has 1 aromatic rings. The first-order valence-electron chi connectivity index (χ1n) is 4.39. The molecule has 0 aliphatic carbocycles. The van der Waals surface area contributed by atoms with Crippen LogP contribution >= 0.6 is 11.6 Å². The Kier molecular flexibility index (Phi) is 3.90. The number of nitrogens with two attached hydrogens (primary N) is 1. The van der Waals surface area contributed by atoms with Crippen molar-refractivity contribution >= 4 is 33.2 Å². The van der Waals surface area contributed by atoms with Gasteiger partial charge in [0.05, 0.1) is 5.69 Å². The molecule has 88 valence electrons. The molecule has 0 saturated carbocycles. The maximum Gasteiger partial charge on any atom is 0.242 e. The van der Waals surface area contributed by atoms with Crippen LogP contribution in [0.5, 0.6) is 0 Å². The Balaban J connectivity index is 3.11. The summed E-state index contributed by atoms with van der Waals surface area (Å²) in [5.74, 6) is -0.488. The second kappa shape index (κ2) is 4.82. The maximum atomic E-state index is 11.3. The summed E-state index contributed by atoms with van der Waals surface area (Å²) in [6, 6.07) is 5.85. The molecule has 0 heterocycles. The summed E-state index contributed by atoms with van der Waals surface area (Å²) >= 11 is 5.55. The summed E-state index contributed by atoms with van der Waals surface area (Å²) in [4.78, 5) is 11.2. The molecule has 1 unspecified atom stereocenters. The van der Waals surface area contributed by atoms with Crippen LogP contribution in [0, 0.1) is 0 Å². The predicted molar refractivity (Wildman–Crippen MR) is 61.8 cm³/mol. The Hall–Kier alpha value is -1.11. The number of amides is 1. The summed E-state index contributed by atoms with van der Waals surface area (Å²) < 4.78 is 22.4. The number of hydrogen-bond acceptors (Lipinski definition) is 3. The topological polar surface area (TPSA) is 89.3 Å². The van der Waals surface area contributed by atoms with Crippen LogP contribution in [0.4, 0.5) is 5.69 Å². The van der Waals surface area contributed by atoms with Crippen molar-refractivity contribution in [3.05, 3.63) is 24.3 Å². The van der Waals surface area contributed by atoms with Crippen molar-refractivity contribution in [2.45, 2.75) is 17.2 Å². The number of halogens is 1. The fraction of sp³-hybridized carbons (Fsp3) is 0.222. The molecule has 7 heteroatoms. The number of alkyl halides is 1. The molecular weight excluding hydrogens is 252 g/mol. The standard InChI is InChI=1S/C9H11ClN2O3S/c1-6(10)9(13)12-7-4-2-3-5-8(7)16(11,14)15/h2-6H,1H3,(H,12,13)(H2,11,14,15). The van der Waals surface area contributed by atoms with Crippen LogP contribution in [-0.2, 0) is 14.8 Å². The number of hydrogen-bond donors (Lipinski definition) is 2.